The Balaban J connectivity index is 1.29. The molecule has 0 aliphatic carbocycles. The van der Waals surface area contributed by atoms with Crippen LogP contribution in [0.25, 0.3) is 32.6 Å². The van der Waals surface area contributed by atoms with Crippen LogP contribution in [0.15, 0.2) is 107 Å². The molecule has 2 N–H and O–H groups in total. The number of hydrogen-bond donors (Lipinski definition) is 2. The van der Waals surface area contributed by atoms with Crippen molar-refractivity contribution in [3.8, 4) is 0 Å². The smallest absolute Gasteiger partial charge is 0.283 e. The first-order valence-electron chi connectivity index (χ1n) is 12.3. The van der Waals surface area contributed by atoms with Crippen LogP contribution in [0, 0.1) is 0 Å². The fraction of sp³-hybridized carbons (Fsp3) is 0. The number of rotatable bonds is 4. The van der Waals surface area contributed by atoms with Crippen LogP contribution in [0.1, 0.15) is 21.0 Å². The maximum Gasteiger partial charge on any atom is 0.283 e. The van der Waals surface area contributed by atoms with Crippen LogP contribution >= 0.6 is 0 Å². The van der Waals surface area contributed by atoms with Crippen LogP contribution < -0.4 is 21.8 Å². The van der Waals surface area contributed by atoms with Gasteiger partial charge in [0.15, 0.2) is 11.4 Å². The van der Waals surface area contributed by atoms with E-state index in [1.165, 1.54) is 0 Å². The Morgan fingerprint density at radius 3 is 1.40 bits per heavy atom. The number of aromatic nitrogens is 4. The second-order valence-corrected chi connectivity index (χ2v) is 9.20. The molecule has 0 atom stereocenters. The molecule has 0 aliphatic heterocycles. The van der Waals surface area contributed by atoms with Gasteiger partial charge >= 0.3 is 0 Å². The molecular formula is C30H18N6O4. The summed E-state index contributed by atoms with van der Waals surface area (Å²) in [5.74, 6) is -1.30. The second-order valence-electron chi connectivity index (χ2n) is 9.20. The monoisotopic (exact) mass is 526 g/mol. The van der Waals surface area contributed by atoms with E-state index in [-0.39, 0.29) is 22.4 Å². The summed E-state index contributed by atoms with van der Waals surface area (Å²) in [4.78, 5) is 61.6. The fourth-order valence-corrected chi connectivity index (χ4v) is 5.01. The Hall–Kier alpha value is -5.90. The van der Waals surface area contributed by atoms with Crippen LogP contribution in [0.2, 0.25) is 0 Å². The normalized spacial score (nSPS) is 11.4. The molecule has 0 spiro atoms. The Bertz CT molecular complexity index is 2100. The average Bonchev–Trinajstić information content (AvgIpc) is 3.63. The number of nitrogens with zero attached hydrogens (tertiary/aromatic N) is 4. The number of anilines is 2. The summed E-state index contributed by atoms with van der Waals surface area (Å²) in [6.45, 7) is 0. The van der Waals surface area contributed by atoms with E-state index in [1.807, 2.05) is 60.7 Å². The van der Waals surface area contributed by atoms with Gasteiger partial charge in [-0.15, -0.1) is 0 Å². The van der Waals surface area contributed by atoms with Crippen molar-refractivity contribution in [2.45, 2.75) is 0 Å². The maximum atomic E-state index is 13.5. The highest BCUT2D eigenvalue weighted by molar-refractivity contribution is 6.12. The fourth-order valence-electron chi connectivity index (χ4n) is 5.01. The summed E-state index contributed by atoms with van der Waals surface area (Å²) >= 11 is 0. The van der Waals surface area contributed by atoms with Crippen LogP contribution in [-0.2, 0) is 0 Å². The van der Waals surface area contributed by atoms with Crippen molar-refractivity contribution in [1.82, 2.24) is 18.8 Å². The molecule has 192 valence electrons. The topological polar surface area (TPSA) is 127 Å². The third-order valence-electron chi connectivity index (χ3n) is 6.88. The van der Waals surface area contributed by atoms with E-state index in [0.29, 0.717) is 11.4 Å². The van der Waals surface area contributed by atoms with E-state index in [4.69, 9.17) is 0 Å². The zero-order chi connectivity index (χ0) is 27.4. The number of hydrogen-bond acceptors (Lipinski definition) is 6. The molecule has 0 unspecified atom stereocenters. The van der Waals surface area contributed by atoms with Gasteiger partial charge in [0.1, 0.15) is 23.7 Å². The molecule has 2 amide bonds. The van der Waals surface area contributed by atoms with Gasteiger partial charge in [-0.3, -0.25) is 28.0 Å². The quantitative estimate of drug-likeness (QED) is 0.358. The first kappa shape index (κ1) is 23.2. The number of nitrogens with one attached hydrogen (secondary N) is 2. The highest BCUT2D eigenvalue weighted by atomic mass is 16.2. The second kappa shape index (κ2) is 8.84. The van der Waals surface area contributed by atoms with E-state index in [0.717, 1.165) is 43.0 Å². The molecule has 0 bridgehead atoms. The van der Waals surface area contributed by atoms with E-state index in [9.17, 15) is 19.2 Å². The summed E-state index contributed by atoms with van der Waals surface area (Å²) in [6, 6.07) is 26.0. The van der Waals surface area contributed by atoms with E-state index >= 15 is 0 Å². The number of carbonyl (C=O) groups is 2. The lowest BCUT2D eigenvalue weighted by Crippen LogP contribution is -2.28. The van der Waals surface area contributed by atoms with Gasteiger partial charge in [-0.05, 0) is 22.9 Å². The molecule has 0 fully saturated rings. The molecule has 0 saturated heterocycles. The van der Waals surface area contributed by atoms with Crippen molar-refractivity contribution in [3.63, 3.8) is 0 Å². The zero-order valence-corrected chi connectivity index (χ0v) is 20.7. The maximum absolute atomic E-state index is 13.5. The van der Waals surface area contributed by atoms with Gasteiger partial charge in [0.25, 0.3) is 22.9 Å². The number of amides is 2. The molecule has 4 aromatic carbocycles. The molecule has 3 heterocycles. The van der Waals surface area contributed by atoms with Gasteiger partial charge in [0.05, 0.1) is 0 Å². The molecule has 0 aliphatic rings. The van der Waals surface area contributed by atoms with Crippen LogP contribution in [0.4, 0.5) is 11.4 Å². The lowest BCUT2D eigenvalue weighted by Gasteiger charge is -2.08. The summed E-state index contributed by atoms with van der Waals surface area (Å²) in [6.07, 6.45) is 2.22. The Morgan fingerprint density at radius 2 is 0.950 bits per heavy atom. The highest BCUT2D eigenvalue weighted by Gasteiger charge is 2.25. The van der Waals surface area contributed by atoms with Gasteiger partial charge in [0, 0.05) is 22.1 Å². The molecule has 0 radical (unpaired) electrons. The molecule has 10 heteroatoms. The molecular weight excluding hydrogens is 508 g/mol. The Kier molecular flexibility index (Phi) is 5.14. The highest BCUT2D eigenvalue weighted by Crippen LogP contribution is 2.25. The van der Waals surface area contributed by atoms with Gasteiger partial charge in [-0.2, -0.15) is 0 Å². The summed E-state index contributed by atoms with van der Waals surface area (Å²) < 4.78 is 1.96. The predicted molar refractivity (Wildman–Crippen MR) is 151 cm³/mol. The van der Waals surface area contributed by atoms with Crippen molar-refractivity contribution in [2.75, 3.05) is 10.6 Å². The van der Waals surface area contributed by atoms with Gasteiger partial charge in [0.2, 0.25) is 0 Å². The Labute approximate surface area is 224 Å². The SMILES string of the molecule is O=C(Nc1cccc2ccccc12)c1ncn2c(=O)c3c(C(=O)Nc4cccc5ccccc45)ncn3c(=O)c12. The van der Waals surface area contributed by atoms with Gasteiger partial charge < -0.3 is 10.6 Å². The minimum atomic E-state index is -0.702. The first-order valence-corrected chi connectivity index (χ1v) is 12.3. The van der Waals surface area contributed by atoms with E-state index < -0.39 is 22.9 Å². The lowest BCUT2D eigenvalue weighted by atomic mass is 10.1. The van der Waals surface area contributed by atoms with Gasteiger partial charge in [-0.1, -0.05) is 72.8 Å². The van der Waals surface area contributed by atoms with Crippen LogP contribution in [0.5, 0.6) is 0 Å². The minimum Gasteiger partial charge on any atom is -0.320 e. The number of carbonyl (C=O) groups excluding carboxylic acids is 2. The number of fused-ring (bicyclic) bond motifs is 4. The largest absolute Gasteiger partial charge is 0.320 e. The summed E-state index contributed by atoms with van der Waals surface area (Å²) in [7, 11) is 0. The summed E-state index contributed by atoms with van der Waals surface area (Å²) in [5.41, 5.74) is -1.19. The molecule has 7 rings (SSSR count). The van der Waals surface area contributed by atoms with Crippen LogP contribution in [0.3, 0.4) is 0 Å². The molecule has 0 saturated carbocycles. The van der Waals surface area contributed by atoms with E-state index in [2.05, 4.69) is 20.6 Å². The van der Waals surface area contributed by atoms with Gasteiger partial charge in [-0.25, -0.2) is 9.97 Å². The standard InChI is InChI=1S/C30H18N6O4/c37-27(33-21-13-5-9-17-7-1-3-11-19(17)21)23-25-29(39)36-16-32-24(26(36)30(40)35(25)15-31-23)28(38)34-22-14-6-10-18-8-2-4-12-20(18)22/h1-16H,(H,33,37)(H,34,38). The van der Waals surface area contributed by atoms with E-state index in [1.54, 1.807) is 24.3 Å². The van der Waals surface area contributed by atoms with Crippen molar-refractivity contribution in [2.24, 2.45) is 0 Å². The molecule has 3 aromatic heterocycles. The number of imidazole rings is 2. The summed E-state index contributed by atoms with van der Waals surface area (Å²) in [5, 5.41) is 9.07. The van der Waals surface area contributed by atoms with Crippen molar-refractivity contribution < 1.29 is 9.59 Å². The number of benzene rings is 4. The van der Waals surface area contributed by atoms with Crippen molar-refractivity contribution >= 4 is 55.8 Å². The molecule has 7 aromatic rings. The molecule has 10 nitrogen and oxygen atoms in total. The third kappa shape index (κ3) is 3.51. The predicted octanol–water partition coefficient (Wildman–Crippen LogP) is 3.95. The molecule has 40 heavy (non-hydrogen) atoms. The Morgan fingerprint density at radius 1 is 0.550 bits per heavy atom. The third-order valence-corrected chi connectivity index (χ3v) is 6.88. The van der Waals surface area contributed by atoms with Crippen molar-refractivity contribution in [3.05, 3.63) is 130 Å². The average molecular weight is 527 g/mol. The van der Waals surface area contributed by atoms with Crippen LogP contribution in [-0.4, -0.2) is 30.6 Å². The van der Waals surface area contributed by atoms with Crippen molar-refractivity contribution in [1.29, 1.82) is 0 Å². The minimum absolute atomic E-state index is 0.214. The lowest BCUT2D eigenvalue weighted by molar-refractivity contribution is 0.101. The zero-order valence-electron chi connectivity index (χ0n) is 20.7. The first-order chi connectivity index (χ1) is 19.5.